The minimum atomic E-state index is -0.794. The number of hydrogen-bond donors (Lipinski definition) is 0. The molecule has 0 N–H and O–H groups in total. The van der Waals surface area contributed by atoms with Gasteiger partial charge in [-0.05, 0) is 116 Å². The molecule has 0 aromatic heterocycles. The summed E-state index contributed by atoms with van der Waals surface area (Å²) in [4.78, 5) is 0. The fourth-order valence-electron chi connectivity index (χ4n) is 7.16. The summed E-state index contributed by atoms with van der Waals surface area (Å²) in [6, 6.07) is 10.3. The van der Waals surface area contributed by atoms with Gasteiger partial charge in [-0.3, -0.25) is 0 Å². The van der Waals surface area contributed by atoms with Gasteiger partial charge in [0.2, 0.25) is 0 Å². The van der Waals surface area contributed by atoms with Crippen molar-refractivity contribution in [3.8, 4) is 0 Å². The molecular weight excluding hydrogens is 417 g/mol. The highest BCUT2D eigenvalue weighted by Crippen LogP contribution is 2.45. The van der Waals surface area contributed by atoms with E-state index in [1.807, 2.05) is 12.1 Å². The van der Waals surface area contributed by atoms with Crippen LogP contribution in [-0.2, 0) is 0 Å². The largest absolute Gasteiger partial charge is 0.207 e. The molecule has 2 aromatic carbocycles. The molecule has 0 amide bonds. The fourth-order valence-corrected chi connectivity index (χ4v) is 7.16. The van der Waals surface area contributed by atoms with E-state index < -0.39 is 11.6 Å². The lowest BCUT2D eigenvalue weighted by Crippen LogP contribution is -2.23. The van der Waals surface area contributed by atoms with E-state index in [4.69, 9.17) is 0 Å². The zero-order chi connectivity index (χ0) is 22.8. The number of rotatable bonds is 4. The molecule has 0 unspecified atom stereocenters. The molecule has 178 valence electrons. The average Bonchev–Trinajstić information content (AvgIpc) is 2.86. The van der Waals surface area contributed by atoms with E-state index in [-0.39, 0.29) is 17.7 Å². The van der Waals surface area contributed by atoms with Gasteiger partial charge in [0.25, 0.3) is 0 Å². The van der Waals surface area contributed by atoms with Gasteiger partial charge in [-0.15, -0.1) is 0 Å². The van der Waals surface area contributed by atoms with Crippen LogP contribution in [0.4, 0.5) is 13.2 Å². The summed E-state index contributed by atoms with van der Waals surface area (Å²) in [5.41, 5.74) is 2.90. The van der Waals surface area contributed by atoms with E-state index in [0.717, 1.165) is 48.6 Å². The van der Waals surface area contributed by atoms with Crippen molar-refractivity contribution in [2.75, 3.05) is 0 Å². The van der Waals surface area contributed by atoms with Crippen LogP contribution in [0.1, 0.15) is 118 Å². The maximum absolute atomic E-state index is 15.2. The van der Waals surface area contributed by atoms with Crippen molar-refractivity contribution in [3.63, 3.8) is 0 Å². The lowest BCUT2D eigenvalue weighted by Gasteiger charge is -2.36. The molecule has 3 heteroatoms. The van der Waals surface area contributed by atoms with Crippen LogP contribution in [0.3, 0.4) is 0 Å². The van der Waals surface area contributed by atoms with E-state index in [9.17, 15) is 8.78 Å². The third-order valence-electron chi connectivity index (χ3n) is 9.17. The maximum atomic E-state index is 15.2. The van der Waals surface area contributed by atoms with E-state index in [1.54, 1.807) is 6.07 Å². The molecule has 0 saturated heterocycles. The van der Waals surface area contributed by atoms with Crippen molar-refractivity contribution >= 4 is 0 Å². The van der Waals surface area contributed by atoms with Gasteiger partial charge >= 0.3 is 0 Å². The highest BCUT2D eigenvalue weighted by atomic mass is 19.2. The minimum Gasteiger partial charge on any atom is -0.207 e. The Morgan fingerprint density at radius 2 is 0.970 bits per heavy atom. The normalized spacial score (nSPS) is 29.2. The van der Waals surface area contributed by atoms with Gasteiger partial charge in [0, 0.05) is 0 Å². The minimum absolute atomic E-state index is 0.0434. The first-order chi connectivity index (χ1) is 16.1. The Kier molecular flexibility index (Phi) is 7.13. The third-order valence-corrected chi connectivity index (χ3v) is 9.17. The molecule has 0 nitrogen and oxygen atoms in total. The fraction of sp³-hybridized carbons (Fsp3) is 0.600. The molecule has 3 saturated carbocycles. The summed E-state index contributed by atoms with van der Waals surface area (Å²) >= 11 is 0. The molecule has 3 aliphatic carbocycles. The summed E-state index contributed by atoms with van der Waals surface area (Å²) in [5.74, 6) is 1.20. The third kappa shape index (κ3) is 5.17. The number of benzene rings is 2. The molecule has 0 heterocycles. The van der Waals surface area contributed by atoms with Crippen LogP contribution >= 0.6 is 0 Å². The maximum Gasteiger partial charge on any atom is 0.159 e. The lowest BCUT2D eigenvalue weighted by atomic mass is 9.69. The Balaban J connectivity index is 1.17. The molecule has 0 spiro atoms. The summed E-state index contributed by atoms with van der Waals surface area (Å²) in [6.07, 6.45) is 15.7. The monoisotopic (exact) mass is 454 g/mol. The van der Waals surface area contributed by atoms with Crippen LogP contribution < -0.4 is 0 Å². The van der Waals surface area contributed by atoms with Crippen LogP contribution in [0.2, 0.25) is 0 Å². The van der Waals surface area contributed by atoms with Gasteiger partial charge in [-0.2, -0.15) is 0 Å². The van der Waals surface area contributed by atoms with Gasteiger partial charge < -0.3 is 0 Å². The standard InChI is InChI=1S/C30H37F3/c31-28-17-15-26(19-30(28)33)23-10-12-24(13-11-23)27-16-14-25(18-29(27)32)22-8-6-21(7-9-22)20-4-2-1-3-5-20/h14-24H,1-13H2. The highest BCUT2D eigenvalue weighted by molar-refractivity contribution is 5.31. The number of hydrogen-bond acceptors (Lipinski definition) is 0. The van der Waals surface area contributed by atoms with Crippen LogP contribution in [-0.4, -0.2) is 0 Å². The smallest absolute Gasteiger partial charge is 0.159 e. The second-order valence-electron chi connectivity index (χ2n) is 11.0. The van der Waals surface area contributed by atoms with Crippen LogP contribution in [0.5, 0.6) is 0 Å². The average molecular weight is 455 g/mol. The summed E-state index contributed by atoms with van der Waals surface area (Å²) in [7, 11) is 0. The van der Waals surface area contributed by atoms with Gasteiger partial charge in [-0.1, -0.05) is 50.3 Å². The van der Waals surface area contributed by atoms with Crippen molar-refractivity contribution < 1.29 is 13.2 Å². The topological polar surface area (TPSA) is 0 Å². The second kappa shape index (κ2) is 10.2. The van der Waals surface area contributed by atoms with Gasteiger partial charge in [0.15, 0.2) is 11.6 Å². The predicted octanol–water partition coefficient (Wildman–Crippen LogP) is 9.40. The molecule has 33 heavy (non-hydrogen) atoms. The van der Waals surface area contributed by atoms with Crippen LogP contribution in [0.15, 0.2) is 36.4 Å². The molecule has 5 rings (SSSR count). The Bertz CT molecular complexity index is 930. The highest BCUT2D eigenvalue weighted by Gasteiger charge is 2.30. The molecule has 3 fully saturated rings. The lowest BCUT2D eigenvalue weighted by molar-refractivity contribution is 0.186. The molecule has 0 aliphatic heterocycles. The van der Waals surface area contributed by atoms with E-state index >= 15 is 4.39 Å². The summed E-state index contributed by atoms with van der Waals surface area (Å²) in [5, 5.41) is 0. The quantitative estimate of drug-likeness (QED) is 0.431. The van der Waals surface area contributed by atoms with Gasteiger partial charge in [0.1, 0.15) is 5.82 Å². The van der Waals surface area contributed by atoms with E-state index in [1.165, 1.54) is 75.5 Å². The molecule has 0 bridgehead atoms. The Hall–Kier alpha value is -1.77. The Morgan fingerprint density at radius 1 is 0.455 bits per heavy atom. The Morgan fingerprint density at radius 3 is 1.58 bits per heavy atom. The van der Waals surface area contributed by atoms with Gasteiger partial charge in [0.05, 0.1) is 0 Å². The van der Waals surface area contributed by atoms with E-state index in [2.05, 4.69) is 6.07 Å². The molecule has 0 atom stereocenters. The Labute approximate surface area is 197 Å². The predicted molar refractivity (Wildman–Crippen MR) is 128 cm³/mol. The summed E-state index contributed by atoms with van der Waals surface area (Å²) < 4.78 is 42.0. The summed E-state index contributed by atoms with van der Waals surface area (Å²) in [6.45, 7) is 0. The van der Waals surface area contributed by atoms with Crippen LogP contribution in [0.25, 0.3) is 0 Å². The first-order valence-corrected chi connectivity index (χ1v) is 13.3. The van der Waals surface area contributed by atoms with Crippen molar-refractivity contribution in [1.82, 2.24) is 0 Å². The van der Waals surface area contributed by atoms with Crippen molar-refractivity contribution in [3.05, 3.63) is 70.5 Å². The van der Waals surface area contributed by atoms with Crippen molar-refractivity contribution in [2.24, 2.45) is 11.8 Å². The first-order valence-electron chi connectivity index (χ1n) is 13.3. The SMILES string of the molecule is Fc1ccc(C2CCC(c3ccc(C4CCC(C5CCCCC5)CC4)cc3F)CC2)cc1F. The van der Waals surface area contributed by atoms with Crippen LogP contribution in [0, 0.1) is 29.3 Å². The zero-order valence-corrected chi connectivity index (χ0v) is 19.7. The van der Waals surface area contributed by atoms with E-state index in [0.29, 0.717) is 5.92 Å². The van der Waals surface area contributed by atoms with Crippen molar-refractivity contribution in [1.29, 1.82) is 0 Å². The van der Waals surface area contributed by atoms with Crippen molar-refractivity contribution in [2.45, 2.75) is 101 Å². The second-order valence-corrected chi connectivity index (χ2v) is 11.0. The molecule has 0 radical (unpaired) electrons. The number of halogens is 3. The molecule has 2 aromatic rings. The molecule has 3 aliphatic rings. The zero-order valence-electron chi connectivity index (χ0n) is 19.7. The first kappa shape index (κ1) is 23.0. The molecular formula is C30H37F3. The van der Waals surface area contributed by atoms with Gasteiger partial charge in [-0.25, -0.2) is 13.2 Å².